The van der Waals surface area contributed by atoms with E-state index >= 15 is 0 Å². The molecule has 0 aliphatic heterocycles. The topological polar surface area (TPSA) is 54.0 Å². The number of hydrogen-bond acceptors (Lipinski definition) is 3. The van der Waals surface area contributed by atoms with E-state index in [1.807, 2.05) is 38.1 Å². The van der Waals surface area contributed by atoms with Crippen molar-refractivity contribution in [3.63, 3.8) is 0 Å². The van der Waals surface area contributed by atoms with Gasteiger partial charge < -0.3 is 10.6 Å². The number of aromatic nitrogens is 1. The molecule has 0 aliphatic rings. The summed E-state index contributed by atoms with van der Waals surface area (Å²) in [6, 6.07) is 7.62. The zero-order valence-electron chi connectivity index (χ0n) is 11.3. The first-order valence-corrected chi connectivity index (χ1v) is 6.11. The van der Waals surface area contributed by atoms with Crippen LogP contribution in [0, 0.1) is 13.8 Å². The normalized spacial score (nSPS) is 10.1. The third kappa shape index (κ3) is 3.10. The van der Waals surface area contributed by atoms with Crippen molar-refractivity contribution >= 4 is 17.3 Å². The van der Waals surface area contributed by atoms with Crippen LogP contribution in [0.1, 0.15) is 21.5 Å². The average Bonchev–Trinajstić information content (AvgIpc) is 2.38. The Balaban J connectivity index is 2.27. The third-order valence-corrected chi connectivity index (χ3v) is 2.82. The second-order valence-corrected chi connectivity index (χ2v) is 4.50. The summed E-state index contributed by atoms with van der Waals surface area (Å²) in [5.74, 6) is -0.138. The van der Waals surface area contributed by atoms with Gasteiger partial charge in [-0.3, -0.25) is 9.78 Å². The highest BCUT2D eigenvalue weighted by atomic mass is 16.1. The number of benzene rings is 1. The van der Waals surface area contributed by atoms with E-state index in [1.54, 1.807) is 19.4 Å². The quantitative estimate of drug-likeness (QED) is 0.886. The van der Waals surface area contributed by atoms with Gasteiger partial charge in [0.1, 0.15) is 0 Å². The minimum Gasteiger partial charge on any atom is -0.387 e. The fourth-order valence-corrected chi connectivity index (χ4v) is 1.89. The van der Waals surface area contributed by atoms with Gasteiger partial charge in [0.2, 0.25) is 0 Å². The molecule has 1 amide bonds. The summed E-state index contributed by atoms with van der Waals surface area (Å²) in [4.78, 5) is 16.3. The van der Waals surface area contributed by atoms with Crippen LogP contribution in [-0.2, 0) is 0 Å². The smallest absolute Gasteiger partial charge is 0.257 e. The van der Waals surface area contributed by atoms with Crippen LogP contribution < -0.4 is 10.6 Å². The maximum Gasteiger partial charge on any atom is 0.257 e. The molecule has 1 aromatic heterocycles. The molecular formula is C15H17N3O. The highest BCUT2D eigenvalue weighted by molar-refractivity contribution is 6.08. The van der Waals surface area contributed by atoms with Gasteiger partial charge in [-0.2, -0.15) is 0 Å². The zero-order chi connectivity index (χ0) is 13.8. The molecule has 0 fully saturated rings. The first kappa shape index (κ1) is 13.1. The summed E-state index contributed by atoms with van der Waals surface area (Å²) in [6.07, 6.45) is 3.39. The van der Waals surface area contributed by atoms with E-state index in [4.69, 9.17) is 0 Å². The molecule has 2 rings (SSSR count). The molecule has 1 heterocycles. The molecule has 19 heavy (non-hydrogen) atoms. The van der Waals surface area contributed by atoms with E-state index in [-0.39, 0.29) is 5.91 Å². The highest BCUT2D eigenvalue weighted by Crippen LogP contribution is 2.18. The van der Waals surface area contributed by atoms with Gasteiger partial charge in [0.25, 0.3) is 5.91 Å². The molecule has 2 N–H and O–H groups in total. The number of nitrogens with one attached hydrogen (secondary N) is 2. The Morgan fingerprint density at radius 3 is 2.58 bits per heavy atom. The lowest BCUT2D eigenvalue weighted by molar-refractivity contribution is 0.102. The van der Waals surface area contributed by atoms with Crippen molar-refractivity contribution in [3.05, 3.63) is 53.3 Å². The summed E-state index contributed by atoms with van der Waals surface area (Å²) in [6.45, 7) is 3.90. The standard InChI is InChI=1S/C15H17N3O/c1-10-4-5-14(16-3)13(7-10)15(19)18-12-6-11(2)8-17-9-12/h4-9,16H,1-3H3,(H,18,19). The predicted molar refractivity (Wildman–Crippen MR) is 77.7 cm³/mol. The zero-order valence-corrected chi connectivity index (χ0v) is 11.3. The van der Waals surface area contributed by atoms with E-state index in [2.05, 4.69) is 15.6 Å². The maximum atomic E-state index is 12.3. The van der Waals surface area contributed by atoms with Gasteiger partial charge >= 0.3 is 0 Å². The van der Waals surface area contributed by atoms with Gasteiger partial charge in [0.15, 0.2) is 0 Å². The molecule has 0 saturated heterocycles. The van der Waals surface area contributed by atoms with Crippen molar-refractivity contribution in [2.24, 2.45) is 0 Å². The second kappa shape index (κ2) is 5.52. The number of carbonyl (C=O) groups is 1. The highest BCUT2D eigenvalue weighted by Gasteiger charge is 2.11. The first-order chi connectivity index (χ1) is 9.10. The average molecular weight is 255 g/mol. The van der Waals surface area contributed by atoms with Crippen molar-refractivity contribution in [2.75, 3.05) is 17.7 Å². The fraction of sp³-hybridized carbons (Fsp3) is 0.200. The van der Waals surface area contributed by atoms with Gasteiger partial charge in [-0.05, 0) is 37.6 Å². The molecule has 0 bridgehead atoms. The third-order valence-electron chi connectivity index (χ3n) is 2.82. The van der Waals surface area contributed by atoms with Crippen LogP contribution >= 0.6 is 0 Å². The summed E-state index contributed by atoms with van der Waals surface area (Å²) in [5.41, 5.74) is 4.20. The Hall–Kier alpha value is -2.36. The monoisotopic (exact) mass is 255 g/mol. The Labute approximate surface area is 112 Å². The Kier molecular flexibility index (Phi) is 3.80. The second-order valence-electron chi connectivity index (χ2n) is 4.50. The van der Waals surface area contributed by atoms with E-state index in [0.29, 0.717) is 11.3 Å². The number of anilines is 2. The van der Waals surface area contributed by atoms with Gasteiger partial charge in [0, 0.05) is 18.9 Å². The fourth-order valence-electron chi connectivity index (χ4n) is 1.89. The predicted octanol–water partition coefficient (Wildman–Crippen LogP) is 2.99. The van der Waals surface area contributed by atoms with Crippen LogP contribution in [0.2, 0.25) is 0 Å². The molecule has 1 aromatic carbocycles. The number of carbonyl (C=O) groups excluding carboxylic acids is 1. The molecule has 0 aliphatic carbocycles. The van der Waals surface area contributed by atoms with Gasteiger partial charge in [-0.15, -0.1) is 0 Å². The van der Waals surface area contributed by atoms with Gasteiger partial charge in [-0.25, -0.2) is 0 Å². The minimum absolute atomic E-state index is 0.138. The molecule has 0 spiro atoms. The summed E-state index contributed by atoms with van der Waals surface area (Å²) < 4.78 is 0. The van der Waals surface area contributed by atoms with Crippen LogP contribution in [0.3, 0.4) is 0 Å². The van der Waals surface area contributed by atoms with Crippen molar-refractivity contribution in [3.8, 4) is 0 Å². The summed E-state index contributed by atoms with van der Waals surface area (Å²) in [5, 5.41) is 5.88. The molecule has 4 heteroatoms. The van der Waals surface area contributed by atoms with Crippen molar-refractivity contribution in [1.29, 1.82) is 0 Å². The lowest BCUT2D eigenvalue weighted by atomic mass is 10.1. The van der Waals surface area contributed by atoms with Crippen molar-refractivity contribution in [1.82, 2.24) is 4.98 Å². The molecular weight excluding hydrogens is 238 g/mol. The Morgan fingerprint density at radius 2 is 1.89 bits per heavy atom. The molecule has 4 nitrogen and oxygen atoms in total. The van der Waals surface area contributed by atoms with Crippen LogP contribution in [0.25, 0.3) is 0 Å². The number of pyridine rings is 1. The lowest BCUT2D eigenvalue weighted by Gasteiger charge is -2.11. The molecule has 0 atom stereocenters. The molecule has 0 unspecified atom stereocenters. The van der Waals surface area contributed by atoms with Crippen LogP contribution in [0.5, 0.6) is 0 Å². The SMILES string of the molecule is CNc1ccc(C)cc1C(=O)Nc1cncc(C)c1. The van der Waals surface area contributed by atoms with Crippen molar-refractivity contribution in [2.45, 2.75) is 13.8 Å². The number of nitrogens with zero attached hydrogens (tertiary/aromatic N) is 1. The minimum atomic E-state index is -0.138. The van der Waals surface area contributed by atoms with E-state index in [0.717, 1.165) is 16.8 Å². The van der Waals surface area contributed by atoms with E-state index < -0.39 is 0 Å². The Morgan fingerprint density at radius 1 is 1.11 bits per heavy atom. The van der Waals surface area contributed by atoms with Crippen molar-refractivity contribution < 1.29 is 4.79 Å². The molecule has 0 saturated carbocycles. The summed E-state index contributed by atoms with van der Waals surface area (Å²) in [7, 11) is 1.80. The molecule has 98 valence electrons. The van der Waals surface area contributed by atoms with E-state index in [9.17, 15) is 4.79 Å². The number of aryl methyl sites for hydroxylation is 2. The molecule has 2 aromatic rings. The summed E-state index contributed by atoms with van der Waals surface area (Å²) >= 11 is 0. The Bertz CT molecular complexity index is 608. The number of hydrogen-bond donors (Lipinski definition) is 2. The molecule has 0 radical (unpaired) electrons. The lowest BCUT2D eigenvalue weighted by Crippen LogP contribution is -2.14. The van der Waals surface area contributed by atoms with Crippen LogP contribution in [0.15, 0.2) is 36.7 Å². The number of amides is 1. The van der Waals surface area contributed by atoms with Crippen LogP contribution in [0.4, 0.5) is 11.4 Å². The maximum absolute atomic E-state index is 12.3. The van der Waals surface area contributed by atoms with Crippen LogP contribution in [-0.4, -0.2) is 17.9 Å². The van der Waals surface area contributed by atoms with Gasteiger partial charge in [0.05, 0.1) is 17.4 Å². The van der Waals surface area contributed by atoms with E-state index in [1.165, 1.54) is 0 Å². The largest absolute Gasteiger partial charge is 0.387 e. The van der Waals surface area contributed by atoms with Gasteiger partial charge in [-0.1, -0.05) is 11.6 Å². The number of rotatable bonds is 3. The first-order valence-electron chi connectivity index (χ1n) is 6.11.